The van der Waals surface area contributed by atoms with Gasteiger partial charge in [-0.3, -0.25) is 0 Å². The summed E-state index contributed by atoms with van der Waals surface area (Å²) in [6, 6.07) is 0. The van der Waals surface area contributed by atoms with E-state index in [1.165, 1.54) is 25.8 Å². The third-order valence-corrected chi connectivity index (χ3v) is 3.09. The Morgan fingerprint density at radius 1 is 1.62 bits per heavy atom. The molecule has 0 radical (unpaired) electrons. The minimum Gasteiger partial charge on any atom is -0.393 e. The van der Waals surface area contributed by atoms with Gasteiger partial charge >= 0.3 is 0 Å². The lowest BCUT2D eigenvalue weighted by Crippen LogP contribution is -2.32. The van der Waals surface area contributed by atoms with Crippen molar-refractivity contribution in [2.75, 3.05) is 20.1 Å². The van der Waals surface area contributed by atoms with Gasteiger partial charge in [-0.1, -0.05) is 32.0 Å². The van der Waals surface area contributed by atoms with Gasteiger partial charge in [0.25, 0.3) is 0 Å². The van der Waals surface area contributed by atoms with Gasteiger partial charge in [-0.2, -0.15) is 0 Å². The summed E-state index contributed by atoms with van der Waals surface area (Å²) in [6.45, 7) is 4.29. The van der Waals surface area contributed by atoms with Crippen LogP contribution in [0.3, 0.4) is 0 Å². The molecule has 1 unspecified atom stereocenters. The molecule has 0 amide bonds. The van der Waals surface area contributed by atoms with Crippen LogP contribution < -0.4 is 5.73 Å². The van der Waals surface area contributed by atoms with Gasteiger partial charge in [0.2, 0.25) is 0 Å². The molecule has 1 atom stereocenters. The molecule has 1 saturated carbocycles. The fourth-order valence-electron chi connectivity index (χ4n) is 1.46. The molecule has 0 aromatic heterocycles. The fraction of sp³-hybridized carbons (Fsp3) is 0.900. The lowest BCUT2D eigenvalue weighted by molar-refractivity contribution is 0.305. The highest BCUT2D eigenvalue weighted by atomic mass is 32.1. The molecular formula is C10H20N2S. The van der Waals surface area contributed by atoms with Crippen LogP contribution in [-0.4, -0.2) is 30.0 Å². The normalized spacial score (nSPS) is 19.0. The molecule has 0 spiro atoms. The highest BCUT2D eigenvalue weighted by molar-refractivity contribution is 7.80. The Labute approximate surface area is 86.5 Å². The molecule has 1 fully saturated rings. The fourth-order valence-corrected chi connectivity index (χ4v) is 1.53. The number of nitrogens with zero attached hydrogens (tertiary/aromatic N) is 1. The summed E-state index contributed by atoms with van der Waals surface area (Å²) in [5.41, 5.74) is 5.56. The van der Waals surface area contributed by atoms with Crippen LogP contribution in [0.25, 0.3) is 0 Å². The van der Waals surface area contributed by atoms with Crippen molar-refractivity contribution in [1.29, 1.82) is 0 Å². The first-order valence-electron chi connectivity index (χ1n) is 5.07. The van der Waals surface area contributed by atoms with Crippen molar-refractivity contribution in [2.45, 2.75) is 26.2 Å². The Morgan fingerprint density at radius 2 is 2.23 bits per heavy atom. The molecule has 2 nitrogen and oxygen atoms in total. The van der Waals surface area contributed by atoms with E-state index in [0.717, 1.165) is 12.5 Å². The Hall–Kier alpha value is -0.150. The Morgan fingerprint density at radius 3 is 2.69 bits per heavy atom. The van der Waals surface area contributed by atoms with Crippen molar-refractivity contribution in [3.63, 3.8) is 0 Å². The number of nitrogens with two attached hydrogens (primary N) is 1. The minimum atomic E-state index is 0.346. The van der Waals surface area contributed by atoms with Crippen molar-refractivity contribution in [3.8, 4) is 0 Å². The number of hydrogen-bond donors (Lipinski definition) is 1. The van der Waals surface area contributed by atoms with Gasteiger partial charge < -0.3 is 10.6 Å². The van der Waals surface area contributed by atoms with Crippen molar-refractivity contribution in [2.24, 2.45) is 17.6 Å². The molecule has 0 bridgehead atoms. The molecular weight excluding hydrogens is 180 g/mol. The van der Waals surface area contributed by atoms with E-state index in [9.17, 15) is 0 Å². The molecule has 0 aromatic carbocycles. The van der Waals surface area contributed by atoms with E-state index in [4.69, 9.17) is 18.0 Å². The average Bonchev–Trinajstić information content (AvgIpc) is 2.83. The number of rotatable bonds is 6. The van der Waals surface area contributed by atoms with Crippen LogP contribution in [0.2, 0.25) is 0 Å². The predicted molar refractivity (Wildman–Crippen MR) is 60.8 cm³/mol. The van der Waals surface area contributed by atoms with E-state index in [-0.39, 0.29) is 0 Å². The zero-order chi connectivity index (χ0) is 9.84. The number of thiocarbonyl (C=S) groups is 1. The molecule has 0 heterocycles. The van der Waals surface area contributed by atoms with Crippen LogP contribution in [0.5, 0.6) is 0 Å². The molecule has 76 valence electrons. The van der Waals surface area contributed by atoms with Crippen molar-refractivity contribution in [1.82, 2.24) is 4.90 Å². The first-order chi connectivity index (χ1) is 6.09. The topological polar surface area (TPSA) is 29.3 Å². The van der Waals surface area contributed by atoms with Crippen LogP contribution >= 0.6 is 12.2 Å². The van der Waals surface area contributed by atoms with Gasteiger partial charge in [0.1, 0.15) is 0 Å². The second-order valence-electron chi connectivity index (χ2n) is 4.30. The third-order valence-electron chi connectivity index (χ3n) is 2.69. The zero-order valence-electron chi connectivity index (χ0n) is 8.62. The SMILES string of the molecule is CC(CN(C)CCC1CC1)C(N)=S. The molecule has 1 aliphatic carbocycles. The lowest BCUT2D eigenvalue weighted by Gasteiger charge is -2.20. The van der Waals surface area contributed by atoms with Crippen LogP contribution in [0, 0.1) is 11.8 Å². The quantitative estimate of drug-likeness (QED) is 0.661. The predicted octanol–water partition coefficient (Wildman–Crippen LogP) is 1.64. The maximum Gasteiger partial charge on any atom is 0.0768 e. The van der Waals surface area contributed by atoms with Gasteiger partial charge in [-0.25, -0.2) is 0 Å². The summed E-state index contributed by atoms with van der Waals surface area (Å²) in [7, 11) is 2.15. The van der Waals surface area contributed by atoms with Gasteiger partial charge in [-0.05, 0) is 25.9 Å². The van der Waals surface area contributed by atoms with Crippen molar-refractivity contribution in [3.05, 3.63) is 0 Å². The highest BCUT2D eigenvalue weighted by Crippen LogP contribution is 2.32. The maximum atomic E-state index is 5.56. The lowest BCUT2D eigenvalue weighted by atomic mass is 10.1. The monoisotopic (exact) mass is 200 g/mol. The molecule has 1 aliphatic rings. The van der Waals surface area contributed by atoms with E-state index < -0.39 is 0 Å². The molecule has 0 aliphatic heterocycles. The molecule has 2 N–H and O–H groups in total. The molecule has 0 aromatic rings. The third kappa shape index (κ3) is 4.58. The standard InChI is InChI=1S/C10H20N2S/c1-8(10(11)13)7-12(2)6-5-9-3-4-9/h8-9H,3-7H2,1-2H3,(H2,11,13). The molecule has 0 saturated heterocycles. The summed E-state index contributed by atoms with van der Waals surface area (Å²) in [5.74, 6) is 1.36. The van der Waals surface area contributed by atoms with E-state index >= 15 is 0 Å². The Kier molecular flexibility index (Phi) is 4.13. The summed E-state index contributed by atoms with van der Waals surface area (Å²) in [4.78, 5) is 2.97. The Bertz CT molecular complexity index is 178. The van der Waals surface area contributed by atoms with E-state index in [2.05, 4.69) is 18.9 Å². The van der Waals surface area contributed by atoms with Gasteiger partial charge in [0, 0.05) is 12.5 Å². The summed E-state index contributed by atoms with van der Waals surface area (Å²) in [5, 5.41) is 0. The first-order valence-corrected chi connectivity index (χ1v) is 5.48. The second-order valence-corrected chi connectivity index (χ2v) is 4.77. The first kappa shape index (κ1) is 10.9. The van der Waals surface area contributed by atoms with E-state index in [1.54, 1.807) is 0 Å². The van der Waals surface area contributed by atoms with Gasteiger partial charge in [0.15, 0.2) is 0 Å². The highest BCUT2D eigenvalue weighted by Gasteiger charge is 2.21. The van der Waals surface area contributed by atoms with E-state index in [0.29, 0.717) is 10.9 Å². The molecule has 3 heteroatoms. The summed E-state index contributed by atoms with van der Waals surface area (Å²) < 4.78 is 0. The largest absolute Gasteiger partial charge is 0.393 e. The van der Waals surface area contributed by atoms with Crippen LogP contribution in [0.15, 0.2) is 0 Å². The second kappa shape index (κ2) is 4.91. The molecule has 1 rings (SSSR count). The average molecular weight is 200 g/mol. The van der Waals surface area contributed by atoms with Gasteiger partial charge in [0.05, 0.1) is 4.99 Å². The summed E-state index contributed by atoms with van der Waals surface area (Å²) >= 11 is 4.94. The zero-order valence-corrected chi connectivity index (χ0v) is 9.44. The Balaban J connectivity index is 2.07. The smallest absolute Gasteiger partial charge is 0.0768 e. The van der Waals surface area contributed by atoms with E-state index in [1.807, 2.05) is 0 Å². The van der Waals surface area contributed by atoms with Gasteiger partial charge in [-0.15, -0.1) is 0 Å². The molecule has 13 heavy (non-hydrogen) atoms. The van der Waals surface area contributed by atoms with Crippen molar-refractivity contribution >= 4 is 17.2 Å². The minimum absolute atomic E-state index is 0.346. The number of hydrogen-bond acceptors (Lipinski definition) is 2. The van der Waals surface area contributed by atoms with Crippen molar-refractivity contribution < 1.29 is 0 Å². The van der Waals surface area contributed by atoms with Crippen LogP contribution in [0.4, 0.5) is 0 Å². The van der Waals surface area contributed by atoms with Crippen LogP contribution in [0.1, 0.15) is 26.2 Å². The summed E-state index contributed by atoms with van der Waals surface area (Å²) in [6.07, 6.45) is 4.23. The maximum absolute atomic E-state index is 5.56. The van der Waals surface area contributed by atoms with Crippen LogP contribution in [-0.2, 0) is 0 Å².